The standard InChI is InChI=1S/C43H43ClN6O6/c1-47-37(51)9-8-36(41(47)55)50-39(53)33-18-29-23-48(24-30(29)19-34(33)40(50)54)22-26-10-16-49(17-11-26)31-5-2-27(3-6-31)38(52)46-42-12-14-43(25-42,15-13-42)56-32-7-4-28(21-45)35(44)20-32/h2-7,18-20,26,36H,8-17,22-25H2,1H3,(H,46,52). The van der Waals surface area contributed by atoms with E-state index in [9.17, 15) is 29.2 Å². The summed E-state index contributed by atoms with van der Waals surface area (Å²) in [6.07, 6.45) is 6.49. The second-order valence-corrected chi connectivity index (χ2v) is 17.0. The van der Waals surface area contributed by atoms with Gasteiger partial charge in [-0.15, -0.1) is 0 Å². The van der Waals surface area contributed by atoms with Crippen LogP contribution in [-0.2, 0) is 22.7 Å². The van der Waals surface area contributed by atoms with Gasteiger partial charge in [-0.1, -0.05) is 11.6 Å². The molecule has 12 nitrogen and oxygen atoms in total. The van der Waals surface area contributed by atoms with Gasteiger partial charge in [0.25, 0.3) is 23.6 Å². The van der Waals surface area contributed by atoms with Gasteiger partial charge in [-0.05, 0) is 111 Å². The summed E-state index contributed by atoms with van der Waals surface area (Å²) in [6, 6.07) is 17.9. The molecule has 0 aromatic heterocycles. The Morgan fingerprint density at radius 3 is 2.20 bits per heavy atom. The number of piperidine rings is 2. The fourth-order valence-corrected chi connectivity index (χ4v) is 10.2. The summed E-state index contributed by atoms with van der Waals surface area (Å²) in [5.41, 5.74) is 4.29. The summed E-state index contributed by atoms with van der Waals surface area (Å²) < 4.78 is 6.44. The lowest BCUT2D eigenvalue weighted by Crippen LogP contribution is -2.54. The Hall–Kier alpha value is -5.25. The Kier molecular flexibility index (Phi) is 8.93. The van der Waals surface area contributed by atoms with E-state index in [2.05, 4.69) is 21.2 Å². The van der Waals surface area contributed by atoms with Crippen LogP contribution in [-0.4, -0.2) is 88.1 Å². The zero-order valence-corrected chi connectivity index (χ0v) is 32.1. The molecule has 4 aliphatic heterocycles. The van der Waals surface area contributed by atoms with E-state index in [1.54, 1.807) is 18.2 Å². The molecule has 2 aliphatic carbocycles. The number of nitrogens with one attached hydrogen (secondary N) is 1. The minimum absolute atomic E-state index is 0.0675. The molecule has 2 bridgehead atoms. The van der Waals surface area contributed by atoms with Crippen molar-refractivity contribution < 1.29 is 28.7 Å². The van der Waals surface area contributed by atoms with Gasteiger partial charge >= 0.3 is 0 Å². The Morgan fingerprint density at radius 1 is 0.911 bits per heavy atom. The van der Waals surface area contributed by atoms with Gasteiger partial charge in [0.2, 0.25) is 5.91 Å². The number of rotatable bonds is 8. The predicted octanol–water partition coefficient (Wildman–Crippen LogP) is 5.45. The maximum atomic E-state index is 13.5. The SMILES string of the molecule is CN1C(=O)CCC(N2C(=O)c3cc4c(cc3C2=O)CN(CC2CCN(c3ccc(C(=O)NC56CCC(Oc7ccc(C#N)c(Cl)c7)(CC5)C6)cc3)CC2)C4)C1=O. The number of carbonyl (C=O) groups is 5. The van der Waals surface area contributed by atoms with Crippen LogP contribution in [0, 0.1) is 17.2 Å². The second kappa shape index (κ2) is 13.7. The van der Waals surface area contributed by atoms with E-state index < -0.39 is 23.8 Å². The van der Waals surface area contributed by atoms with E-state index in [4.69, 9.17) is 16.3 Å². The van der Waals surface area contributed by atoms with Crippen LogP contribution in [0.3, 0.4) is 0 Å². The van der Waals surface area contributed by atoms with Gasteiger partial charge in [-0.2, -0.15) is 5.26 Å². The van der Waals surface area contributed by atoms with E-state index in [1.807, 2.05) is 36.4 Å². The molecule has 288 valence electrons. The lowest BCUT2D eigenvalue weighted by atomic mass is 9.92. The first-order valence-corrected chi connectivity index (χ1v) is 19.9. The van der Waals surface area contributed by atoms with Crippen molar-refractivity contribution in [3.8, 4) is 11.8 Å². The highest BCUT2D eigenvalue weighted by molar-refractivity contribution is 6.31. The van der Waals surface area contributed by atoms with E-state index in [0.717, 1.165) is 91.2 Å². The van der Waals surface area contributed by atoms with Crippen LogP contribution in [0.2, 0.25) is 5.02 Å². The fraction of sp³-hybridized carbons (Fsp3) is 0.442. The van der Waals surface area contributed by atoms with Crippen LogP contribution in [0.25, 0.3) is 0 Å². The number of hydrogen-bond acceptors (Lipinski definition) is 9. The summed E-state index contributed by atoms with van der Waals surface area (Å²) in [5.74, 6) is -0.636. The Morgan fingerprint density at radius 2 is 1.57 bits per heavy atom. The number of halogens is 1. The number of nitrogens with zero attached hydrogens (tertiary/aromatic N) is 5. The molecule has 3 aromatic rings. The van der Waals surface area contributed by atoms with Crippen molar-refractivity contribution >= 4 is 46.8 Å². The topological polar surface area (TPSA) is 143 Å². The maximum absolute atomic E-state index is 13.5. The third kappa shape index (κ3) is 6.31. The molecule has 0 radical (unpaired) electrons. The average molecular weight is 775 g/mol. The monoisotopic (exact) mass is 774 g/mol. The lowest BCUT2D eigenvalue weighted by molar-refractivity contribution is -0.149. The maximum Gasteiger partial charge on any atom is 0.262 e. The molecule has 9 rings (SSSR count). The number of nitriles is 1. The molecule has 5 amide bonds. The highest BCUT2D eigenvalue weighted by Gasteiger charge is 2.57. The molecule has 3 aromatic carbocycles. The Balaban J connectivity index is 0.756. The molecule has 0 spiro atoms. The van der Waals surface area contributed by atoms with Crippen molar-refractivity contribution in [3.05, 3.63) is 93.0 Å². The number of fused-ring (bicyclic) bond motifs is 4. The van der Waals surface area contributed by atoms with Crippen molar-refractivity contribution in [1.29, 1.82) is 5.26 Å². The van der Waals surface area contributed by atoms with Crippen LogP contribution in [0.15, 0.2) is 54.6 Å². The normalized spacial score (nSPS) is 26.2. The summed E-state index contributed by atoms with van der Waals surface area (Å²) in [5, 5.41) is 12.9. The number of hydrogen-bond donors (Lipinski definition) is 1. The first kappa shape index (κ1) is 36.4. The quantitative estimate of drug-likeness (QED) is 0.296. The zero-order chi connectivity index (χ0) is 38.9. The number of likely N-dealkylation sites (N-methyl/N-ethyl adjacent to an activating group) is 1. The van der Waals surface area contributed by atoms with Gasteiger partial charge in [-0.25, -0.2) is 0 Å². The Labute approximate surface area is 330 Å². The molecule has 13 heteroatoms. The van der Waals surface area contributed by atoms with Crippen molar-refractivity contribution in [2.24, 2.45) is 5.92 Å². The summed E-state index contributed by atoms with van der Waals surface area (Å²) in [4.78, 5) is 71.9. The number of imide groups is 2. The number of amides is 5. The van der Waals surface area contributed by atoms with Crippen LogP contribution in [0.4, 0.5) is 5.69 Å². The molecule has 6 aliphatic rings. The van der Waals surface area contributed by atoms with Gasteiger partial charge in [0.05, 0.1) is 21.7 Å². The van der Waals surface area contributed by atoms with Crippen LogP contribution in [0.5, 0.6) is 5.75 Å². The van der Waals surface area contributed by atoms with Gasteiger partial charge in [0.15, 0.2) is 0 Å². The van der Waals surface area contributed by atoms with Gasteiger partial charge in [0, 0.05) is 75.5 Å². The second-order valence-electron chi connectivity index (χ2n) is 16.6. The van der Waals surface area contributed by atoms with Crippen molar-refractivity contribution in [2.75, 3.05) is 31.6 Å². The minimum Gasteiger partial charge on any atom is -0.487 e. The lowest BCUT2D eigenvalue weighted by Gasteiger charge is -2.35. The van der Waals surface area contributed by atoms with E-state index in [0.29, 0.717) is 52.0 Å². The molecule has 4 heterocycles. The highest BCUT2D eigenvalue weighted by atomic mass is 35.5. The molecular weight excluding hydrogens is 732 g/mol. The van der Waals surface area contributed by atoms with Crippen molar-refractivity contribution in [1.82, 2.24) is 20.0 Å². The largest absolute Gasteiger partial charge is 0.487 e. The first-order chi connectivity index (χ1) is 26.9. The molecule has 1 unspecified atom stereocenters. The third-order valence-corrected chi connectivity index (χ3v) is 13.5. The molecule has 1 N–H and O–H groups in total. The number of anilines is 1. The molecule has 2 saturated carbocycles. The van der Waals surface area contributed by atoms with Crippen LogP contribution in [0.1, 0.15) is 106 Å². The average Bonchev–Trinajstić information content (AvgIpc) is 3.93. The van der Waals surface area contributed by atoms with E-state index >= 15 is 0 Å². The summed E-state index contributed by atoms with van der Waals surface area (Å²) in [6.45, 7) is 4.16. The van der Waals surface area contributed by atoms with Gasteiger partial charge < -0.3 is 15.0 Å². The van der Waals surface area contributed by atoms with Crippen LogP contribution < -0.4 is 15.0 Å². The van der Waals surface area contributed by atoms with Crippen LogP contribution >= 0.6 is 11.6 Å². The first-order valence-electron chi connectivity index (χ1n) is 19.6. The molecule has 56 heavy (non-hydrogen) atoms. The van der Waals surface area contributed by atoms with Crippen molar-refractivity contribution in [3.63, 3.8) is 0 Å². The van der Waals surface area contributed by atoms with Gasteiger partial charge in [0.1, 0.15) is 23.5 Å². The molecule has 2 saturated heterocycles. The number of benzene rings is 3. The Bertz CT molecular complexity index is 2170. The summed E-state index contributed by atoms with van der Waals surface area (Å²) >= 11 is 6.24. The smallest absolute Gasteiger partial charge is 0.262 e. The van der Waals surface area contributed by atoms with Gasteiger partial charge in [-0.3, -0.25) is 38.7 Å². The fourth-order valence-electron chi connectivity index (χ4n) is 10.0. The van der Waals surface area contributed by atoms with E-state index in [1.165, 1.54) is 7.05 Å². The number of likely N-dealkylation sites (tertiary alicyclic amines) is 1. The predicted molar refractivity (Wildman–Crippen MR) is 206 cm³/mol. The molecular formula is C43H43ClN6O6. The highest BCUT2D eigenvalue weighted by Crippen LogP contribution is 2.53. The third-order valence-electron chi connectivity index (χ3n) is 13.1. The zero-order valence-electron chi connectivity index (χ0n) is 31.3. The number of carbonyl (C=O) groups excluding carboxylic acids is 5. The van der Waals surface area contributed by atoms with E-state index in [-0.39, 0.29) is 35.8 Å². The van der Waals surface area contributed by atoms with Crippen molar-refractivity contribution in [2.45, 2.75) is 88.1 Å². The molecule has 1 atom stereocenters. The molecule has 4 fully saturated rings. The number of ether oxygens (including phenoxy) is 1. The minimum atomic E-state index is -0.949. The summed E-state index contributed by atoms with van der Waals surface area (Å²) in [7, 11) is 1.40.